The Bertz CT molecular complexity index is 288. The highest BCUT2D eigenvalue weighted by atomic mass is 16.7. The monoisotopic (exact) mass is 282 g/mol. The molecule has 1 spiro atoms. The second-order valence-corrected chi connectivity index (χ2v) is 7.67. The van der Waals surface area contributed by atoms with E-state index in [4.69, 9.17) is 9.47 Å². The van der Waals surface area contributed by atoms with E-state index in [9.17, 15) is 0 Å². The number of rotatable bonds is 4. The Morgan fingerprint density at radius 1 is 1.05 bits per heavy atom. The van der Waals surface area contributed by atoms with Crippen LogP contribution in [0.3, 0.4) is 0 Å². The summed E-state index contributed by atoms with van der Waals surface area (Å²) in [5, 5.41) is 0. The summed E-state index contributed by atoms with van der Waals surface area (Å²) in [6.45, 7) is 13.5. The van der Waals surface area contributed by atoms with Crippen LogP contribution in [0.4, 0.5) is 0 Å². The van der Waals surface area contributed by atoms with Crippen LogP contribution in [0.5, 0.6) is 0 Å². The summed E-state index contributed by atoms with van der Waals surface area (Å²) >= 11 is 0. The lowest BCUT2D eigenvalue weighted by atomic mass is 9.60. The maximum absolute atomic E-state index is 6.22. The molecule has 0 aromatic carbocycles. The molecule has 0 radical (unpaired) electrons. The summed E-state index contributed by atoms with van der Waals surface area (Å²) in [6.07, 6.45) is 6.35. The third-order valence-corrected chi connectivity index (χ3v) is 5.82. The lowest BCUT2D eigenvalue weighted by molar-refractivity contribution is -0.272. The second-order valence-electron chi connectivity index (χ2n) is 7.67. The molecule has 0 amide bonds. The maximum atomic E-state index is 6.22. The molecule has 1 heterocycles. The van der Waals surface area contributed by atoms with Crippen molar-refractivity contribution < 1.29 is 9.47 Å². The van der Waals surface area contributed by atoms with Crippen LogP contribution in [-0.2, 0) is 9.47 Å². The van der Waals surface area contributed by atoms with Crippen LogP contribution < -0.4 is 0 Å². The van der Waals surface area contributed by atoms with E-state index in [1.165, 1.54) is 19.3 Å². The zero-order chi connectivity index (χ0) is 14.8. The lowest BCUT2D eigenvalue weighted by Gasteiger charge is -2.51. The zero-order valence-electron chi connectivity index (χ0n) is 14.2. The summed E-state index contributed by atoms with van der Waals surface area (Å²) in [7, 11) is 0. The molecular weight excluding hydrogens is 248 g/mol. The molecule has 2 aliphatic rings. The number of hydrogen-bond donors (Lipinski definition) is 0. The van der Waals surface area contributed by atoms with Crippen molar-refractivity contribution in [2.45, 2.75) is 73.0 Å². The van der Waals surface area contributed by atoms with Gasteiger partial charge in [-0.1, -0.05) is 41.0 Å². The van der Waals surface area contributed by atoms with Crippen LogP contribution in [-0.4, -0.2) is 19.5 Å². The molecular formula is C18H34O2. The van der Waals surface area contributed by atoms with Crippen molar-refractivity contribution in [2.75, 3.05) is 13.2 Å². The van der Waals surface area contributed by atoms with Gasteiger partial charge in [0.15, 0.2) is 6.29 Å². The molecule has 0 aromatic heterocycles. The fourth-order valence-corrected chi connectivity index (χ4v) is 4.62. The Labute approximate surface area is 125 Å². The smallest absolute Gasteiger partial charge is 0.160 e. The molecule has 2 atom stereocenters. The zero-order valence-corrected chi connectivity index (χ0v) is 14.2. The Morgan fingerprint density at radius 3 is 2.15 bits per heavy atom. The van der Waals surface area contributed by atoms with Crippen molar-refractivity contribution in [1.29, 1.82) is 0 Å². The molecule has 0 bridgehead atoms. The predicted molar refractivity (Wildman–Crippen MR) is 83.5 cm³/mol. The summed E-state index contributed by atoms with van der Waals surface area (Å²) in [4.78, 5) is 0. The molecule has 2 heteroatoms. The van der Waals surface area contributed by atoms with Crippen molar-refractivity contribution in [3.63, 3.8) is 0 Å². The molecule has 2 fully saturated rings. The van der Waals surface area contributed by atoms with Gasteiger partial charge in [0.25, 0.3) is 0 Å². The van der Waals surface area contributed by atoms with E-state index in [0.29, 0.717) is 5.92 Å². The minimum absolute atomic E-state index is 0.0423. The summed E-state index contributed by atoms with van der Waals surface area (Å²) in [5.41, 5.74) is 0.286. The minimum atomic E-state index is 0.0423. The van der Waals surface area contributed by atoms with Crippen molar-refractivity contribution in [3.05, 3.63) is 0 Å². The highest BCUT2D eigenvalue weighted by molar-refractivity contribution is 4.95. The fraction of sp³-hybridized carbons (Fsp3) is 1.00. The van der Waals surface area contributed by atoms with E-state index >= 15 is 0 Å². The first-order valence-corrected chi connectivity index (χ1v) is 8.75. The lowest BCUT2D eigenvalue weighted by Crippen LogP contribution is -2.52. The van der Waals surface area contributed by atoms with Crippen molar-refractivity contribution in [2.24, 2.45) is 29.1 Å². The summed E-state index contributed by atoms with van der Waals surface area (Å²) < 4.78 is 12.4. The van der Waals surface area contributed by atoms with E-state index in [1.807, 2.05) is 0 Å². The van der Waals surface area contributed by atoms with Gasteiger partial charge in [0.2, 0.25) is 0 Å². The third kappa shape index (κ3) is 3.22. The molecule has 1 aliphatic carbocycles. The van der Waals surface area contributed by atoms with Crippen LogP contribution in [0.2, 0.25) is 0 Å². The fourth-order valence-electron chi connectivity index (χ4n) is 4.62. The Morgan fingerprint density at radius 2 is 1.65 bits per heavy atom. The highest BCUT2D eigenvalue weighted by Gasteiger charge is 2.48. The Hall–Kier alpha value is -0.0800. The Kier molecular flexibility index (Phi) is 5.53. The van der Waals surface area contributed by atoms with Gasteiger partial charge in [0.05, 0.1) is 13.2 Å². The van der Waals surface area contributed by atoms with Crippen LogP contribution in [0.15, 0.2) is 0 Å². The molecule has 1 saturated carbocycles. The number of ether oxygens (including phenoxy) is 2. The van der Waals surface area contributed by atoms with Crippen molar-refractivity contribution in [3.8, 4) is 0 Å². The van der Waals surface area contributed by atoms with Gasteiger partial charge < -0.3 is 9.47 Å². The summed E-state index contributed by atoms with van der Waals surface area (Å²) in [5.74, 6) is 2.88. The van der Waals surface area contributed by atoms with Gasteiger partial charge in [-0.25, -0.2) is 0 Å². The molecule has 0 N–H and O–H groups in total. The average molecular weight is 282 g/mol. The third-order valence-electron chi connectivity index (χ3n) is 5.82. The van der Waals surface area contributed by atoms with Gasteiger partial charge >= 0.3 is 0 Å². The van der Waals surface area contributed by atoms with E-state index in [1.54, 1.807) is 0 Å². The van der Waals surface area contributed by atoms with Crippen LogP contribution in [0.25, 0.3) is 0 Å². The van der Waals surface area contributed by atoms with E-state index in [-0.39, 0.29) is 11.7 Å². The second kappa shape index (κ2) is 6.79. The number of hydrogen-bond acceptors (Lipinski definition) is 2. The standard InChI is InChI=1S/C18H34O2/c1-6-15(7-2)17-19-11-18(12-20-17)10-14(5)8-9-16(18)13(3)4/h13-17H,6-12H2,1-5H3/t14-,16+,17?,18?/m1/s1. The van der Waals surface area contributed by atoms with Gasteiger partial charge in [-0.05, 0) is 43.4 Å². The van der Waals surface area contributed by atoms with Gasteiger partial charge in [0, 0.05) is 11.3 Å². The first kappa shape index (κ1) is 16.3. The molecule has 20 heavy (non-hydrogen) atoms. The van der Waals surface area contributed by atoms with Crippen molar-refractivity contribution in [1.82, 2.24) is 0 Å². The predicted octanol–water partition coefficient (Wildman–Crippen LogP) is 4.87. The van der Waals surface area contributed by atoms with E-state index in [2.05, 4.69) is 34.6 Å². The van der Waals surface area contributed by atoms with Gasteiger partial charge in [0.1, 0.15) is 0 Å². The Balaban J connectivity index is 2.04. The molecule has 1 saturated heterocycles. The minimum Gasteiger partial charge on any atom is -0.352 e. The normalized spacial score (nSPS) is 38.9. The molecule has 118 valence electrons. The largest absolute Gasteiger partial charge is 0.352 e. The molecule has 1 aliphatic heterocycles. The molecule has 0 aromatic rings. The van der Waals surface area contributed by atoms with Gasteiger partial charge in [-0.2, -0.15) is 0 Å². The van der Waals surface area contributed by atoms with Crippen LogP contribution in [0, 0.1) is 29.1 Å². The molecule has 2 rings (SSSR count). The van der Waals surface area contributed by atoms with E-state index < -0.39 is 0 Å². The first-order valence-electron chi connectivity index (χ1n) is 8.75. The summed E-state index contributed by atoms with van der Waals surface area (Å²) in [6, 6.07) is 0. The van der Waals surface area contributed by atoms with Gasteiger partial charge in [-0.3, -0.25) is 0 Å². The van der Waals surface area contributed by atoms with Gasteiger partial charge in [-0.15, -0.1) is 0 Å². The average Bonchev–Trinajstić information content (AvgIpc) is 2.42. The topological polar surface area (TPSA) is 18.5 Å². The van der Waals surface area contributed by atoms with Crippen LogP contribution in [0.1, 0.15) is 66.7 Å². The highest BCUT2D eigenvalue weighted by Crippen LogP contribution is 2.49. The quantitative estimate of drug-likeness (QED) is 0.732. The maximum Gasteiger partial charge on any atom is 0.160 e. The van der Waals surface area contributed by atoms with Crippen LogP contribution >= 0.6 is 0 Å². The first-order chi connectivity index (χ1) is 9.52. The van der Waals surface area contributed by atoms with Crippen molar-refractivity contribution >= 4 is 0 Å². The SMILES string of the molecule is CCC(CC)C1OCC2(CO1)C[C@H](C)CC[C@H]2C(C)C. The molecule has 2 nitrogen and oxygen atoms in total. The van der Waals surface area contributed by atoms with E-state index in [0.717, 1.165) is 43.8 Å². The molecule has 0 unspecified atom stereocenters.